The summed E-state index contributed by atoms with van der Waals surface area (Å²) >= 11 is 0. The van der Waals surface area contributed by atoms with E-state index in [0.29, 0.717) is 5.56 Å². The van der Waals surface area contributed by atoms with Crippen LogP contribution in [0, 0.1) is 17.0 Å². The minimum atomic E-state index is -3.95. The molecule has 0 saturated carbocycles. The second kappa shape index (κ2) is 6.87. The van der Waals surface area contributed by atoms with Gasteiger partial charge in [-0.3, -0.25) is 14.9 Å². The number of nitrogens with zero attached hydrogens (tertiary/aromatic N) is 1. The minimum Gasteiger partial charge on any atom is -0.496 e. The van der Waals surface area contributed by atoms with Crippen LogP contribution in [0.3, 0.4) is 0 Å². The molecule has 9 nitrogen and oxygen atoms in total. The predicted molar refractivity (Wildman–Crippen MR) is 90.2 cm³/mol. The van der Waals surface area contributed by atoms with Crippen molar-refractivity contribution in [1.29, 1.82) is 0 Å². The van der Waals surface area contributed by atoms with Gasteiger partial charge in [-0.1, -0.05) is 6.07 Å². The number of hydrogen-bond donors (Lipinski definition) is 2. The van der Waals surface area contributed by atoms with Gasteiger partial charge in [0.15, 0.2) is 0 Å². The number of nitrogens with two attached hydrogens (primary N) is 1. The number of hydrogen-bond acceptors (Lipinski definition) is 6. The summed E-state index contributed by atoms with van der Waals surface area (Å²) in [6.45, 7) is 1.56. The molecule has 10 heteroatoms. The maximum atomic E-state index is 12.4. The highest BCUT2D eigenvalue weighted by Crippen LogP contribution is 2.26. The molecule has 0 aliphatic rings. The Kier molecular flexibility index (Phi) is 5.04. The Bertz CT molecular complexity index is 956. The van der Waals surface area contributed by atoms with Gasteiger partial charge in [-0.15, -0.1) is 0 Å². The summed E-state index contributed by atoms with van der Waals surface area (Å²) in [5, 5.41) is 18.5. The van der Waals surface area contributed by atoms with E-state index in [1.54, 1.807) is 6.92 Å². The van der Waals surface area contributed by atoms with Crippen molar-refractivity contribution in [3.8, 4) is 5.75 Å². The summed E-state index contributed by atoms with van der Waals surface area (Å²) in [6, 6.07) is 7.78. The Morgan fingerprint density at radius 2 is 1.92 bits per heavy atom. The fourth-order valence-corrected chi connectivity index (χ4v) is 2.98. The van der Waals surface area contributed by atoms with E-state index in [-0.39, 0.29) is 27.6 Å². The number of aryl methyl sites for hydroxylation is 1. The molecule has 0 heterocycles. The summed E-state index contributed by atoms with van der Waals surface area (Å²) in [5.74, 6) is -0.549. The topological polar surface area (TPSA) is 142 Å². The van der Waals surface area contributed by atoms with Gasteiger partial charge < -0.3 is 10.1 Å². The van der Waals surface area contributed by atoms with Crippen LogP contribution in [-0.4, -0.2) is 26.4 Å². The number of nitro groups is 1. The molecule has 0 spiro atoms. The molecule has 132 valence electrons. The third-order valence-electron chi connectivity index (χ3n) is 3.39. The normalized spacial score (nSPS) is 11.0. The van der Waals surface area contributed by atoms with Crippen molar-refractivity contribution < 1.29 is 22.9 Å². The standard InChI is InChI=1S/C15H15N3O6S/c1-9-3-4-10(7-14(9)25(16,22)23)17-15(19)12-8-11(18(20)21)5-6-13(12)24-2/h3-8H,1-2H3,(H,17,19)(H2,16,22,23). The molecule has 0 radical (unpaired) electrons. The molecule has 25 heavy (non-hydrogen) atoms. The van der Waals surface area contributed by atoms with Gasteiger partial charge in [-0.25, -0.2) is 13.6 Å². The van der Waals surface area contributed by atoms with Crippen LogP contribution < -0.4 is 15.2 Å². The van der Waals surface area contributed by atoms with Crippen LogP contribution >= 0.6 is 0 Å². The zero-order valence-electron chi connectivity index (χ0n) is 13.3. The van der Waals surface area contributed by atoms with Crippen LogP contribution in [0.1, 0.15) is 15.9 Å². The van der Waals surface area contributed by atoms with Crippen molar-refractivity contribution in [2.45, 2.75) is 11.8 Å². The monoisotopic (exact) mass is 365 g/mol. The fourth-order valence-electron chi connectivity index (χ4n) is 2.17. The third-order valence-corrected chi connectivity index (χ3v) is 4.44. The van der Waals surface area contributed by atoms with Crippen molar-refractivity contribution in [1.82, 2.24) is 0 Å². The molecule has 0 fully saturated rings. The van der Waals surface area contributed by atoms with Gasteiger partial charge in [0.05, 0.1) is 22.5 Å². The number of carbonyl (C=O) groups excluding carboxylic acids is 1. The first-order chi connectivity index (χ1) is 11.6. The summed E-state index contributed by atoms with van der Waals surface area (Å²) in [7, 11) is -2.63. The fraction of sp³-hybridized carbons (Fsp3) is 0.133. The highest BCUT2D eigenvalue weighted by atomic mass is 32.2. The molecule has 2 aromatic carbocycles. The summed E-state index contributed by atoms with van der Waals surface area (Å²) in [4.78, 5) is 22.5. The van der Waals surface area contributed by atoms with Crippen LogP contribution in [0.5, 0.6) is 5.75 Å². The van der Waals surface area contributed by atoms with Crippen molar-refractivity contribution in [2.75, 3.05) is 12.4 Å². The van der Waals surface area contributed by atoms with Gasteiger partial charge >= 0.3 is 0 Å². The van der Waals surface area contributed by atoms with Gasteiger partial charge in [0.1, 0.15) is 5.75 Å². The quantitative estimate of drug-likeness (QED) is 0.611. The molecule has 0 aromatic heterocycles. The van der Waals surface area contributed by atoms with Gasteiger partial charge in [0.25, 0.3) is 11.6 Å². The van der Waals surface area contributed by atoms with E-state index in [1.165, 1.54) is 37.4 Å². The number of methoxy groups -OCH3 is 1. The maximum Gasteiger partial charge on any atom is 0.270 e. The van der Waals surface area contributed by atoms with Crippen molar-refractivity contribution >= 4 is 27.3 Å². The molecule has 0 unspecified atom stereocenters. The summed E-state index contributed by atoms with van der Waals surface area (Å²) in [5.41, 5.74) is 0.260. The van der Waals surface area contributed by atoms with E-state index in [1.807, 2.05) is 0 Å². The average molecular weight is 365 g/mol. The zero-order chi connectivity index (χ0) is 18.8. The molecular weight excluding hydrogens is 350 g/mol. The molecular formula is C15H15N3O6S. The number of primary sulfonamides is 1. The summed E-state index contributed by atoms with van der Waals surface area (Å²) < 4.78 is 28.1. The van der Waals surface area contributed by atoms with Crippen molar-refractivity contribution in [3.63, 3.8) is 0 Å². The number of anilines is 1. The van der Waals surface area contributed by atoms with Crippen LogP contribution in [0.25, 0.3) is 0 Å². The van der Waals surface area contributed by atoms with Crippen LogP contribution in [0.4, 0.5) is 11.4 Å². The van der Waals surface area contributed by atoms with E-state index in [9.17, 15) is 23.3 Å². The van der Waals surface area contributed by atoms with Gasteiger partial charge in [0.2, 0.25) is 10.0 Å². The number of ether oxygens (including phenoxy) is 1. The number of sulfonamides is 1. The SMILES string of the molecule is COc1ccc([N+](=O)[O-])cc1C(=O)Nc1ccc(C)c(S(N)(=O)=O)c1. The molecule has 0 bridgehead atoms. The van der Waals surface area contributed by atoms with Gasteiger partial charge in [-0.2, -0.15) is 0 Å². The highest BCUT2D eigenvalue weighted by Gasteiger charge is 2.19. The molecule has 0 saturated heterocycles. The second-order valence-corrected chi connectivity index (χ2v) is 6.65. The van der Waals surface area contributed by atoms with Crippen molar-refractivity contribution in [3.05, 3.63) is 57.6 Å². The molecule has 0 aliphatic heterocycles. The molecule has 1 amide bonds. The molecule has 0 atom stereocenters. The van der Waals surface area contributed by atoms with Gasteiger partial charge in [-0.05, 0) is 30.7 Å². The van der Waals surface area contributed by atoms with E-state index in [0.717, 1.165) is 6.07 Å². The van der Waals surface area contributed by atoms with Crippen molar-refractivity contribution in [2.24, 2.45) is 5.14 Å². The highest BCUT2D eigenvalue weighted by molar-refractivity contribution is 7.89. The van der Waals surface area contributed by atoms with Crippen LogP contribution in [-0.2, 0) is 10.0 Å². The number of amides is 1. The number of benzene rings is 2. The predicted octanol–water partition coefficient (Wildman–Crippen LogP) is 1.81. The lowest BCUT2D eigenvalue weighted by Crippen LogP contribution is -2.16. The van der Waals surface area contributed by atoms with E-state index < -0.39 is 20.9 Å². The zero-order valence-corrected chi connectivity index (χ0v) is 14.2. The minimum absolute atomic E-state index is 0.0607. The first kappa shape index (κ1) is 18.4. The Balaban J connectivity index is 2.41. The second-order valence-electron chi connectivity index (χ2n) is 5.12. The number of carbonyl (C=O) groups is 1. The lowest BCUT2D eigenvalue weighted by atomic mass is 10.1. The number of nitrogens with one attached hydrogen (secondary N) is 1. The summed E-state index contributed by atoms with van der Waals surface area (Å²) in [6.07, 6.45) is 0. The molecule has 2 rings (SSSR count). The van der Waals surface area contributed by atoms with E-state index in [4.69, 9.17) is 9.88 Å². The van der Waals surface area contributed by atoms with E-state index >= 15 is 0 Å². The third kappa shape index (κ3) is 4.11. The van der Waals surface area contributed by atoms with Gasteiger partial charge in [0, 0.05) is 17.8 Å². The number of nitro benzene ring substituents is 1. The Morgan fingerprint density at radius 1 is 1.24 bits per heavy atom. The Labute approximate surface area is 143 Å². The molecule has 0 aliphatic carbocycles. The van der Waals surface area contributed by atoms with Crippen LogP contribution in [0.15, 0.2) is 41.3 Å². The first-order valence-electron chi connectivity index (χ1n) is 6.90. The molecule has 2 aromatic rings. The number of rotatable bonds is 5. The largest absolute Gasteiger partial charge is 0.496 e. The number of non-ortho nitro benzene ring substituents is 1. The Hall–Kier alpha value is -2.98. The smallest absolute Gasteiger partial charge is 0.270 e. The lowest BCUT2D eigenvalue weighted by Gasteiger charge is -2.11. The molecule has 3 N–H and O–H groups in total. The van der Waals surface area contributed by atoms with E-state index in [2.05, 4.69) is 5.32 Å². The Morgan fingerprint density at radius 3 is 2.48 bits per heavy atom. The maximum absolute atomic E-state index is 12.4. The van der Waals surface area contributed by atoms with Crippen LogP contribution in [0.2, 0.25) is 0 Å². The lowest BCUT2D eigenvalue weighted by molar-refractivity contribution is -0.384. The first-order valence-corrected chi connectivity index (χ1v) is 8.45. The average Bonchev–Trinajstić information content (AvgIpc) is 2.54.